The third-order valence-electron chi connectivity index (χ3n) is 16.3. The van der Waals surface area contributed by atoms with Crippen molar-refractivity contribution in [1.29, 1.82) is 0 Å². The third kappa shape index (κ3) is 68.0. The highest BCUT2D eigenvalue weighted by Crippen LogP contribution is 2.18. The van der Waals surface area contributed by atoms with Crippen LogP contribution in [0.5, 0.6) is 0 Å². The Morgan fingerprint density at radius 3 is 0.691 bits per heavy atom. The number of allylic oxidation sites excluding steroid dienone is 8. The van der Waals surface area contributed by atoms with Gasteiger partial charge in [-0.3, -0.25) is 14.4 Å². The first-order valence-corrected chi connectivity index (χ1v) is 36.1. The SMILES string of the molecule is CCCCCC/C=C\C/C=C\CCCCCCCC(=O)OCC(COC(=O)CCCCCCCCCCCCCCCCC/C=C\C/C=C\CCCCCCC)OC(=O)CCCCCCCCCCCCCCCCCCCCCC. The molecule has 0 aromatic rings. The molecule has 0 N–H and O–H groups in total. The monoisotopic (exact) mass is 1140 g/mol. The van der Waals surface area contributed by atoms with Gasteiger partial charge in [0.1, 0.15) is 13.2 Å². The topological polar surface area (TPSA) is 78.9 Å². The van der Waals surface area contributed by atoms with Crippen LogP contribution in [-0.2, 0) is 28.6 Å². The summed E-state index contributed by atoms with van der Waals surface area (Å²) in [5.41, 5.74) is 0. The Morgan fingerprint density at radius 2 is 0.444 bits per heavy atom. The van der Waals surface area contributed by atoms with Crippen LogP contribution >= 0.6 is 0 Å². The van der Waals surface area contributed by atoms with Gasteiger partial charge in [0.25, 0.3) is 0 Å². The van der Waals surface area contributed by atoms with E-state index < -0.39 is 6.10 Å². The Balaban J connectivity index is 4.27. The quantitative estimate of drug-likeness (QED) is 0.0261. The minimum Gasteiger partial charge on any atom is -0.462 e. The molecule has 0 heterocycles. The zero-order valence-electron chi connectivity index (χ0n) is 54.6. The van der Waals surface area contributed by atoms with Gasteiger partial charge in [0, 0.05) is 19.3 Å². The molecule has 0 fully saturated rings. The molecule has 0 saturated heterocycles. The minimum atomic E-state index is -0.778. The first-order valence-electron chi connectivity index (χ1n) is 36.1. The van der Waals surface area contributed by atoms with Crippen LogP contribution in [0.15, 0.2) is 48.6 Å². The Hall–Kier alpha value is -2.63. The first-order chi connectivity index (χ1) is 40.0. The lowest BCUT2D eigenvalue weighted by molar-refractivity contribution is -0.167. The lowest BCUT2D eigenvalue weighted by Gasteiger charge is -2.18. The first kappa shape index (κ1) is 78.4. The minimum absolute atomic E-state index is 0.0729. The molecule has 6 nitrogen and oxygen atoms in total. The van der Waals surface area contributed by atoms with E-state index in [1.165, 1.54) is 270 Å². The molecule has 0 aliphatic heterocycles. The summed E-state index contributed by atoms with van der Waals surface area (Å²) in [6.07, 6.45) is 88.5. The molecule has 1 unspecified atom stereocenters. The summed E-state index contributed by atoms with van der Waals surface area (Å²) >= 11 is 0. The second-order valence-electron chi connectivity index (χ2n) is 24.5. The van der Waals surface area contributed by atoms with Crippen molar-refractivity contribution in [3.05, 3.63) is 48.6 Å². The second-order valence-corrected chi connectivity index (χ2v) is 24.5. The predicted molar refractivity (Wildman–Crippen MR) is 353 cm³/mol. The van der Waals surface area contributed by atoms with E-state index in [-0.39, 0.29) is 31.1 Å². The van der Waals surface area contributed by atoms with E-state index in [0.717, 1.165) is 83.5 Å². The molecule has 0 saturated carbocycles. The highest BCUT2D eigenvalue weighted by molar-refractivity contribution is 5.71. The van der Waals surface area contributed by atoms with Crippen LogP contribution < -0.4 is 0 Å². The van der Waals surface area contributed by atoms with Crippen LogP contribution in [0, 0.1) is 0 Å². The van der Waals surface area contributed by atoms with Crippen molar-refractivity contribution in [1.82, 2.24) is 0 Å². The highest BCUT2D eigenvalue weighted by Gasteiger charge is 2.19. The molecule has 6 heteroatoms. The molecular formula is C75H138O6. The average molecular weight is 1140 g/mol. The number of unbranched alkanes of at least 4 members (excludes halogenated alkanes) is 48. The summed E-state index contributed by atoms with van der Waals surface area (Å²) in [6, 6.07) is 0. The van der Waals surface area contributed by atoms with Gasteiger partial charge in [0.15, 0.2) is 6.10 Å². The largest absolute Gasteiger partial charge is 0.462 e. The number of hydrogen-bond donors (Lipinski definition) is 0. The molecule has 0 rings (SSSR count). The fourth-order valence-electron chi connectivity index (χ4n) is 10.9. The van der Waals surface area contributed by atoms with Crippen LogP contribution in [0.25, 0.3) is 0 Å². The zero-order valence-corrected chi connectivity index (χ0v) is 54.6. The van der Waals surface area contributed by atoms with E-state index in [9.17, 15) is 14.4 Å². The molecule has 0 spiro atoms. The van der Waals surface area contributed by atoms with Gasteiger partial charge < -0.3 is 14.2 Å². The van der Waals surface area contributed by atoms with Crippen LogP contribution in [0.1, 0.15) is 393 Å². The van der Waals surface area contributed by atoms with Crippen molar-refractivity contribution in [2.75, 3.05) is 13.2 Å². The van der Waals surface area contributed by atoms with E-state index in [1.54, 1.807) is 0 Å². The fraction of sp³-hybridized carbons (Fsp3) is 0.853. The predicted octanol–water partition coefficient (Wildman–Crippen LogP) is 24.9. The number of carbonyl (C=O) groups excluding carboxylic acids is 3. The van der Waals surface area contributed by atoms with Crippen molar-refractivity contribution in [3.63, 3.8) is 0 Å². The van der Waals surface area contributed by atoms with E-state index in [1.807, 2.05) is 0 Å². The Bertz CT molecular complexity index is 1400. The standard InChI is InChI=1S/C75H138O6/c1-4-7-10-13-16-19-22-25-28-31-33-35-36-37-38-39-40-41-43-44-47-50-53-56-59-62-65-68-74(77)80-71-72(70-79-73(76)67-64-61-58-55-52-49-46-30-27-24-21-18-15-12-9-6-3)81-75(78)69-66-63-60-57-54-51-48-45-42-34-32-29-26-23-20-17-14-11-8-5-2/h21-22,24-25,30-31,33,46,72H,4-20,23,26-29,32,34-45,47-71H2,1-3H3/b24-21-,25-22-,33-31-,46-30-. The number of carbonyl (C=O) groups is 3. The fourth-order valence-corrected chi connectivity index (χ4v) is 10.9. The number of ether oxygens (including phenoxy) is 3. The average Bonchev–Trinajstić information content (AvgIpc) is 3.47. The molecule has 0 radical (unpaired) electrons. The maximum atomic E-state index is 13.0. The molecule has 0 aromatic carbocycles. The molecule has 81 heavy (non-hydrogen) atoms. The van der Waals surface area contributed by atoms with Gasteiger partial charge in [-0.2, -0.15) is 0 Å². The van der Waals surface area contributed by atoms with Crippen LogP contribution in [0.2, 0.25) is 0 Å². The summed E-state index contributed by atoms with van der Waals surface area (Å²) in [4.78, 5) is 38.5. The Kier molecular flexibility index (Phi) is 67.6. The molecule has 0 aliphatic carbocycles. The van der Waals surface area contributed by atoms with Gasteiger partial charge in [-0.15, -0.1) is 0 Å². The molecule has 0 aromatic heterocycles. The van der Waals surface area contributed by atoms with Gasteiger partial charge >= 0.3 is 17.9 Å². The van der Waals surface area contributed by atoms with Gasteiger partial charge in [0.2, 0.25) is 0 Å². The summed E-state index contributed by atoms with van der Waals surface area (Å²) < 4.78 is 17.0. The van der Waals surface area contributed by atoms with E-state index in [2.05, 4.69) is 69.4 Å². The number of esters is 3. The maximum absolute atomic E-state index is 13.0. The molecule has 0 aliphatic rings. The molecule has 1 atom stereocenters. The van der Waals surface area contributed by atoms with Crippen LogP contribution in [0.3, 0.4) is 0 Å². The lowest BCUT2D eigenvalue weighted by Crippen LogP contribution is -2.30. The highest BCUT2D eigenvalue weighted by atomic mass is 16.6. The summed E-state index contributed by atoms with van der Waals surface area (Å²) in [6.45, 7) is 6.68. The van der Waals surface area contributed by atoms with Crippen molar-refractivity contribution in [2.24, 2.45) is 0 Å². The van der Waals surface area contributed by atoms with E-state index in [4.69, 9.17) is 14.2 Å². The van der Waals surface area contributed by atoms with Gasteiger partial charge in [-0.05, 0) is 83.5 Å². The van der Waals surface area contributed by atoms with Gasteiger partial charge in [-0.1, -0.05) is 339 Å². The molecular weight excluding hydrogens is 997 g/mol. The van der Waals surface area contributed by atoms with Gasteiger partial charge in [0.05, 0.1) is 0 Å². The number of rotatable bonds is 67. The summed E-state index contributed by atoms with van der Waals surface area (Å²) in [5.74, 6) is -0.858. The lowest BCUT2D eigenvalue weighted by atomic mass is 10.0. The van der Waals surface area contributed by atoms with Crippen molar-refractivity contribution >= 4 is 17.9 Å². The zero-order chi connectivity index (χ0) is 58.5. The van der Waals surface area contributed by atoms with Crippen LogP contribution in [0.4, 0.5) is 0 Å². The van der Waals surface area contributed by atoms with Gasteiger partial charge in [-0.25, -0.2) is 0 Å². The van der Waals surface area contributed by atoms with E-state index in [0.29, 0.717) is 19.3 Å². The van der Waals surface area contributed by atoms with Crippen molar-refractivity contribution in [3.8, 4) is 0 Å². The molecule has 0 amide bonds. The van der Waals surface area contributed by atoms with Crippen LogP contribution in [-0.4, -0.2) is 37.2 Å². The summed E-state index contributed by atoms with van der Waals surface area (Å²) in [5, 5.41) is 0. The maximum Gasteiger partial charge on any atom is 0.306 e. The smallest absolute Gasteiger partial charge is 0.306 e. The molecule has 0 bridgehead atoms. The normalized spacial score (nSPS) is 12.3. The Morgan fingerprint density at radius 1 is 0.247 bits per heavy atom. The second kappa shape index (κ2) is 69.9. The molecule has 474 valence electrons. The third-order valence-corrected chi connectivity index (χ3v) is 16.3. The van der Waals surface area contributed by atoms with Crippen molar-refractivity contribution in [2.45, 2.75) is 399 Å². The summed E-state index contributed by atoms with van der Waals surface area (Å²) in [7, 11) is 0. The Labute approximate surface area is 505 Å². The number of hydrogen-bond acceptors (Lipinski definition) is 6. The van der Waals surface area contributed by atoms with Crippen molar-refractivity contribution < 1.29 is 28.6 Å². The van der Waals surface area contributed by atoms with E-state index >= 15 is 0 Å².